The third-order valence-electron chi connectivity index (χ3n) is 14.5. The van der Waals surface area contributed by atoms with Crippen molar-refractivity contribution in [1.29, 1.82) is 0 Å². The van der Waals surface area contributed by atoms with Crippen molar-refractivity contribution in [2.75, 3.05) is 0 Å². The minimum absolute atomic E-state index is 0. The van der Waals surface area contributed by atoms with Crippen molar-refractivity contribution >= 4 is 11.6 Å². The summed E-state index contributed by atoms with van der Waals surface area (Å²) in [5.74, 6) is 6.76. The number of fused-ring (bicyclic) bond motifs is 10. The number of ketones is 2. The van der Waals surface area contributed by atoms with Gasteiger partial charge in [-0.05, 0) is 160 Å². The largest absolute Gasteiger partial charge is 0.393 e. The molecule has 8 aliphatic carbocycles. The van der Waals surface area contributed by atoms with Crippen LogP contribution in [0, 0.1) is 102 Å². The van der Waals surface area contributed by atoms with Gasteiger partial charge in [0.1, 0.15) is 0 Å². The second kappa shape index (κ2) is 12.8. The molecule has 12 atom stereocenters. The summed E-state index contributed by atoms with van der Waals surface area (Å²) >= 11 is 0. The molecule has 42 heavy (non-hydrogen) atoms. The topological polar surface area (TPSA) is 74.6 Å². The van der Waals surface area contributed by atoms with Crippen LogP contribution in [0.3, 0.4) is 0 Å². The van der Waals surface area contributed by atoms with E-state index in [0.29, 0.717) is 23.4 Å². The van der Waals surface area contributed by atoms with E-state index in [2.05, 4.69) is 13.8 Å². The van der Waals surface area contributed by atoms with Crippen LogP contribution in [-0.2, 0) is 9.59 Å². The van der Waals surface area contributed by atoms with Gasteiger partial charge >= 0.3 is 0 Å². The Labute approximate surface area is 290 Å². The van der Waals surface area contributed by atoms with Crippen molar-refractivity contribution in [2.45, 2.75) is 136 Å². The Balaban J connectivity index is 0.000000160. The number of rotatable bonds is 0. The minimum Gasteiger partial charge on any atom is -0.393 e. The van der Waals surface area contributed by atoms with E-state index in [0.717, 1.165) is 86.9 Å². The van der Waals surface area contributed by atoms with Gasteiger partial charge in [0.05, 0.1) is 12.2 Å². The van der Waals surface area contributed by atoms with E-state index >= 15 is 0 Å². The Morgan fingerprint density at radius 3 is 1.38 bits per heavy atom. The van der Waals surface area contributed by atoms with Crippen LogP contribution in [0.4, 0.5) is 0 Å². The van der Waals surface area contributed by atoms with Crippen molar-refractivity contribution in [2.24, 2.45) is 58.2 Å². The molecular formula is C37H56AcO4. The Morgan fingerprint density at radius 1 is 0.571 bits per heavy atom. The van der Waals surface area contributed by atoms with Gasteiger partial charge in [0.2, 0.25) is 0 Å². The van der Waals surface area contributed by atoms with Crippen LogP contribution >= 0.6 is 0 Å². The van der Waals surface area contributed by atoms with Gasteiger partial charge in [0, 0.05) is 56.9 Å². The number of carbonyl (C=O) groups excluding carboxylic acids is 2. The Hall–Kier alpha value is 0.182. The maximum Gasteiger partial charge on any atom is 0.155 e. The summed E-state index contributed by atoms with van der Waals surface area (Å²) in [5.41, 5.74) is 3.30. The Morgan fingerprint density at radius 2 is 0.976 bits per heavy atom. The molecule has 0 spiro atoms. The van der Waals surface area contributed by atoms with Crippen LogP contribution in [0.5, 0.6) is 0 Å². The zero-order valence-electron chi connectivity index (χ0n) is 25.5. The number of carbonyl (C=O) groups is 2. The maximum atomic E-state index is 11.6. The van der Waals surface area contributed by atoms with Gasteiger partial charge in [-0.2, -0.15) is 0 Å². The zero-order valence-corrected chi connectivity index (χ0v) is 30.3. The fourth-order valence-electron chi connectivity index (χ4n) is 12.3. The molecule has 1 radical (unpaired) electrons. The Bertz CT molecular complexity index is 1030. The van der Waals surface area contributed by atoms with Crippen molar-refractivity contribution in [3.05, 3.63) is 23.3 Å². The van der Waals surface area contributed by atoms with E-state index in [4.69, 9.17) is 0 Å². The summed E-state index contributed by atoms with van der Waals surface area (Å²) in [4.78, 5) is 23.3. The first kappa shape index (κ1) is 33.5. The quantitative estimate of drug-likeness (QED) is 0.265. The van der Waals surface area contributed by atoms with Crippen LogP contribution in [0.2, 0.25) is 0 Å². The molecule has 12 unspecified atom stereocenters. The first-order chi connectivity index (χ1) is 19.2. The second-order valence-electron chi connectivity index (χ2n) is 15.9. The van der Waals surface area contributed by atoms with Gasteiger partial charge < -0.3 is 10.2 Å². The molecule has 231 valence electrons. The van der Waals surface area contributed by atoms with Crippen LogP contribution < -0.4 is 0 Å². The van der Waals surface area contributed by atoms with Crippen molar-refractivity contribution in [3.63, 3.8) is 0 Å². The van der Waals surface area contributed by atoms with E-state index in [-0.39, 0.29) is 74.5 Å². The van der Waals surface area contributed by atoms with Crippen molar-refractivity contribution in [1.82, 2.24) is 0 Å². The fourth-order valence-corrected chi connectivity index (χ4v) is 12.3. The molecule has 6 saturated carbocycles. The summed E-state index contributed by atoms with van der Waals surface area (Å²) in [5, 5.41) is 20.8. The zero-order chi connectivity index (χ0) is 27.8. The predicted octanol–water partition coefficient (Wildman–Crippen LogP) is 7.61. The third kappa shape index (κ3) is 5.47. The molecule has 0 bridgehead atoms. The molecule has 0 aromatic carbocycles. The van der Waals surface area contributed by atoms with E-state index < -0.39 is 0 Å². The molecule has 0 aromatic rings. The first-order valence-corrected chi connectivity index (χ1v) is 17.0. The van der Waals surface area contributed by atoms with Gasteiger partial charge in [-0.25, -0.2) is 0 Å². The molecule has 8 rings (SSSR count). The van der Waals surface area contributed by atoms with Gasteiger partial charge in [0.25, 0.3) is 0 Å². The molecule has 0 saturated heterocycles. The van der Waals surface area contributed by atoms with E-state index in [1.165, 1.54) is 62.5 Å². The summed E-state index contributed by atoms with van der Waals surface area (Å²) < 4.78 is 0. The van der Waals surface area contributed by atoms with Crippen LogP contribution in [-0.4, -0.2) is 34.0 Å². The van der Waals surface area contributed by atoms with Crippen LogP contribution in [0.1, 0.15) is 124 Å². The average molecular weight is 792 g/mol. The standard InChI is InChI=1S/2C18H26O2.CH4.Ac/c2*1-18-9-8-14-13-5-3-12(19)10-11(13)2-4-15(14)16(18)6-7-17(18)20;;/h2*10,13-17,20H,2-9H2,1H3;1H4;. The molecule has 2 N–H and O–H groups in total. The van der Waals surface area contributed by atoms with E-state index in [1.54, 1.807) is 0 Å². The molecule has 6 fully saturated rings. The maximum absolute atomic E-state index is 11.6. The normalized spacial score (nSPS) is 48.6. The predicted molar refractivity (Wildman–Crippen MR) is 163 cm³/mol. The average Bonchev–Trinajstić information content (AvgIpc) is 3.43. The van der Waals surface area contributed by atoms with Gasteiger partial charge in [0.15, 0.2) is 11.6 Å². The summed E-state index contributed by atoms with van der Waals surface area (Å²) in [7, 11) is 0. The van der Waals surface area contributed by atoms with Crippen molar-refractivity contribution < 1.29 is 63.9 Å². The van der Waals surface area contributed by atoms with E-state index in [9.17, 15) is 19.8 Å². The Kier molecular flexibility index (Phi) is 10.2. The first-order valence-electron chi connectivity index (χ1n) is 17.0. The molecule has 8 aliphatic rings. The smallest absolute Gasteiger partial charge is 0.155 e. The number of hydrogen-bond donors (Lipinski definition) is 2. The summed E-state index contributed by atoms with van der Waals surface area (Å²) in [6, 6.07) is 0. The van der Waals surface area contributed by atoms with Gasteiger partial charge in [-0.15, -0.1) is 0 Å². The summed E-state index contributed by atoms with van der Waals surface area (Å²) in [6.45, 7) is 4.67. The number of aliphatic hydroxyl groups is 2. The van der Waals surface area contributed by atoms with Gasteiger partial charge in [-0.3, -0.25) is 9.59 Å². The SMILES string of the molecule is C.CC12CCC3C4CCC(=O)C=C4CCC3C1CCC2O.CC12CCC3C4CCC(=O)C=C4CCC3C1CCC2O.[Ac]. The van der Waals surface area contributed by atoms with Crippen LogP contribution in [0.25, 0.3) is 0 Å². The summed E-state index contributed by atoms with van der Waals surface area (Å²) in [6.07, 6.45) is 21.7. The fraction of sp³-hybridized carbons (Fsp3) is 0.838. The van der Waals surface area contributed by atoms with E-state index in [1.807, 2.05) is 12.2 Å². The number of hydrogen-bond acceptors (Lipinski definition) is 4. The number of aliphatic hydroxyl groups excluding tert-OH is 2. The van der Waals surface area contributed by atoms with Crippen molar-refractivity contribution in [3.8, 4) is 0 Å². The second-order valence-corrected chi connectivity index (χ2v) is 15.9. The molecule has 0 amide bonds. The van der Waals surface area contributed by atoms with Crippen LogP contribution in [0.15, 0.2) is 23.3 Å². The monoisotopic (exact) mass is 791 g/mol. The number of allylic oxidation sites excluding steroid dienone is 2. The molecule has 0 aromatic heterocycles. The molecule has 5 heteroatoms. The third-order valence-corrected chi connectivity index (χ3v) is 14.5. The molecule has 0 heterocycles. The van der Waals surface area contributed by atoms with Gasteiger partial charge in [-0.1, -0.05) is 32.4 Å². The molecule has 4 nitrogen and oxygen atoms in total. The molecular weight excluding hydrogens is 735 g/mol. The minimum atomic E-state index is -0.0710. The molecule has 0 aliphatic heterocycles.